The van der Waals surface area contributed by atoms with E-state index < -0.39 is 9.84 Å². The summed E-state index contributed by atoms with van der Waals surface area (Å²) in [5.74, 6) is 0.738. The summed E-state index contributed by atoms with van der Waals surface area (Å²) in [7, 11) is -2.76. The molecule has 1 fully saturated rings. The van der Waals surface area contributed by atoms with Gasteiger partial charge in [-0.3, -0.25) is 0 Å². The quantitative estimate of drug-likeness (QED) is 0.584. The summed E-state index contributed by atoms with van der Waals surface area (Å²) in [4.78, 5) is 0. The lowest BCUT2D eigenvalue weighted by atomic mass is 9.98. The van der Waals surface area contributed by atoms with Crippen molar-refractivity contribution in [2.45, 2.75) is 19.0 Å². The van der Waals surface area contributed by atoms with Crippen LogP contribution in [0.25, 0.3) is 0 Å². The van der Waals surface area contributed by atoms with Gasteiger partial charge in [-0.25, -0.2) is 8.42 Å². The first-order valence-corrected chi connectivity index (χ1v) is 5.48. The second-order valence-corrected chi connectivity index (χ2v) is 5.62. The third-order valence-corrected chi connectivity index (χ3v) is 4.19. The van der Waals surface area contributed by atoms with Crippen molar-refractivity contribution >= 4 is 9.84 Å². The molecule has 5 heteroatoms. The van der Waals surface area contributed by atoms with Gasteiger partial charge in [0.15, 0.2) is 15.5 Å². The second kappa shape index (κ2) is 1.83. The van der Waals surface area contributed by atoms with Crippen LogP contribution in [-0.2, 0) is 9.84 Å². The van der Waals surface area contributed by atoms with Crippen LogP contribution in [0.1, 0.15) is 13.3 Å². The van der Waals surface area contributed by atoms with Gasteiger partial charge in [0.1, 0.15) is 0 Å². The third kappa shape index (κ3) is 1.17. The van der Waals surface area contributed by atoms with Gasteiger partial charge in [-0.05, 0) is 13.3 Å². The molecule has 0 aromatic carbocycles. The average Bonchev–Trinajstić information content (AvgIpc) is 2.51. The molecule has 0 spiro atoms. The Labute approximate surface area is 65.6 Å². The van der Waals surface area contributed by atoms with E-state index in [2.05, 4.69) is 10.2 Å². The molecule has 2 rings (SSSR count). The molecule has 0 amide bonds. The van der Waals surface area contributed by atoms with Crippen molar-refractivity contribution in [1.29, 1.82) is 0 Å². The summed E-state index contributed by atoms with van der Waals surface area (Å²) >= 11 is 0. The molecule has 0 N–H and O–H groups in total. The molecule has 4 nitrogen and oxygen atoms in total. The molecule has 2 aliphatic heterocycles. The van der Waals surface area contributed by atoms with Crippen molar-refractivity contribution in [3.8, 4) is 0 Å². The zero-order valence-electron chi connectivity index (χ0n) is 6.32. The second-order valence-electron chi connectivity index (χ2n) is 3.39. The van der Waals surface area contributed by atoms with Gasteiger partial charge < -0.3 is 0 Å². The summed E-state index contributed by atoms with van der Waals surface area (Å²) in [6.45, 7) is 1.89. The Morgan fingerprint density at radius 3 is 2.45 bits per heavy atom. The molecule has 0 saturated carbocycles. The summed E-state index contributed by atoms with van der Waals surface area (Å²) in [6, 6.07) is 0. The molecule has 0 aromatic heterocycles. The summed E-state index contributed by atoms with van der Waals surface area (Å²) in [6.07, 6.45) is 0.728. The lowest BCUT2D eigenvalue weighted by molar-refractivity contribution is 0.441. The largest absolute Gasteiger partial charge is 0.229 e. The minimum Gasteiger partial charge on any atom is -0.229 e. The Balaban J connectivity index is 2.11. The van der Waals surface area contributed by atoms with Gasteiger partial charge in [-0.2, -0.15) is 10.2 Å². The van der Waals surface area contributed by atoms with E-state index in [-0.39, 0.29) is 17.3 Å². The Morgan fingerprint density at radius 2 is 2.09 bits per heavy atom. The first-order chi connectivity index (χ1) is 5.02. The minimum atomic E-state index is -2.76. The minimum absolute atomic E-state index is 0.146. The molecule has 2 aliphatic rings. The normalized spacial score (nSPS) is 37.4. The van der Waals surface area contributed by atoms with Gasteiger partial charge in [-0.15, -0.1) is 0 Å². The topological polar surface area (TPSA) is 58.9 Å². The van der Waals surface area contributed by atoms with Crippen LogP contribution in [0.15, 0.2) is 10.2 Å². The molecule has 11 heavy (non-hydrogen) atoms. The number of hydrogen-bond donors (Lipinski definition) is 0. The van der Waals surface area contributed by atoms with Crippen LogP contribution >= 0.6 is 0 Å². The SMILES string of the molecule is CC1(C2CCS(=O)(=O)C2)N=N1. The molecule has 0 radical (unpaired) electrons. The zero-order chi connectivity index (χ0) is 8.11. The lowest BCUT2D eigenvalue weighted by Crippen LogP contribution is -2.21. The monoisotopic (exact) mass is 174 g/mol. The smallest absolute Gasteiger partial charge is 0.192 e. The summed E-state index contributed by atoms with van der Waals surface area (Å²) in [5.41, 5.74) is -0.344. The van der Waals surface area contributed by atoms with E-state index in [1.165, 1.54) is 0 Å². The molecule has 2 heterocycles. The highest BCUT2D eigenvalue weighted by Gasteiger charge is 2.48. The molecule has 1 atom stereocenters. The standard InChI is InChI=1S/C6H10N2O2S/c1-6(7-8-6)5-2-3-11(9,10)4-5/h5H,2-4H2,1H3. The highest BCUT2D eigenvalue weighted by molar-refractivity contribution is 7.91. The van der Waals surface area contributed by atoms with Gasteiger partial charge in [0.25, 0.3) is 0 Å². The molecule has 0 aliphatic carbocycles. The zero-order valence-corrected chi connectivity index (χ0v) is 7.13. The average molecular weight is 174 g/mol. The molecular formula is C6H10N2O2S. The Kier molecular flexibility index (Phi) is 1.20. The highest BCUT2D eigenvalue weighted by Crippen LogP contribution is 2.41. The molecule has 0 aromatic rings. The van der Waals surface area contributed by atoms with Crippen LogP contribution < -0.4 is 0 Å². The molecule has 1 unspecified atom stereocenters. The van der Waals surface area contributed by atoms with Crippen LogP contribution in [0.3, 0.4) is 0 Å². The van der Waals surface area contributed by atoms with Crippen molar-refractivity contribution in [2.75, 3.05) is 11.5 Å². The van der Waals surface area contributed by atoms with Crippen LogP contribution in [-0.4, -0.2) is 25.6 Å². The third-order valence-electron chi connectivity index (χ3n) is 2.42. The fourth-order valence-corrected chi connectivity index (χ4v) is 3.37. The first kappa shape index (κ1) is 7.21. The fourth-order valence-electron chi connectivity index (χ4n) is 1.47. The molecular weight excluding hydrogens is 164 g/mol. The number of nitrogens with zero attached hydrogens (tertiary/aromatic N) is 2. The van der Waals surface area contributed by atoms with E-state index in [1.807, 2.05) is 6.92 Å². The molecule has 1 saturated heterocycles. The maximum absolute atomic E-state index is 11.0. The summed E-state index contributed by atoms with van der Waals surface area (Å²) < 4.78 is 22.1. The van der Waals surface area contributed by atoms with Crippen LogP contribution in [0, 0.1) is 5.92 Å². The van der Waals surface area contributed by atoms with Gasteiger partial charge in [0, 0.05) is 5.92 Å². The van der Waals surface area contributed by atoms with Crippen LogP contribution in [0.5, 0.6) is 0 Å². The Morgan fingerprint density at radius 1 is 1.45 bits per heavy atom. The number of hydrogen-bond acceptors (Lipinski definition) is 4. The van der Waals surface area contributed by atoms with Crippen molar-refractivity contribution in [1.82, 2.24) is 0 Å². The summed E-state index contributed by atoms with van der Waals surface area (Å²) in [5, 5.41) is 7.68. The van der Waals surface area contributed by atoms with Gasteiger partial charge in [0.2, 0.25) is 0 Å². The van der Waals surface area contributed by atoms with E-state index in [1.54, 1.807) is 0 Å². The predicted molar refractivity (Wildman–Crippen MR) is 40.0 cm³/mol. The van der Waals surface area contributed by atoms with Crippen molar-refractivity contribution < 1.29 is 8.42 Å². The number of sulfone groups is 1. The van der Waals surface area contributed by atoms with Gasteiger partial charge in [0.05, 0.1) is 11.5 Å². The Bertz CT molecular complexity index is 301. The Hall–Kier alpha value is -0.450. The van der Waals surface area contributed by atoms with Crippen molar-refractivity contribution in [3.05, 3.63) is 0 Å². The van der Waals surface area contributed by atoms with Crippen LogP contribution in [0.2, 0.25) is 0 Å². The maximum Gasteiger partial charge on any atom is 0.192 e. The lowest BCUT2D eigenvalue weighted by Gasteiger charge is -2.09. The van der Waals surface area contributed by atoms with E-state index in [0.717, 1.165) is 6.42 Å². The fraction of sp³-hybridized carbons (Fsp3) is 1.00. The van der Waals surface area contributed by atoms with Gasteiger partial charge in [-0.1, -0.05) is 0 Å². The van der Waals surface area contributed by atoms with E-state index in [4.69, 9.17) is 0 Å². The van der Waals surface area contributed by atoms with Crippen molar-refractivity contribution in [2.24, 2.45) is 16.1 Å². The number of rotatable bonds is 1. The van der Waals surface area contributed by atoms with E-state index in [9.17, 15) is 8.42 Å². The first-order valence-electron chi connectivity index (χ1n) is 3.66. The van der Waals surface area contributed by atoms with E-state index in [0.29, 0.717) is 5.75 Å². The molecule has 62 valence electrons. The maximum atomic E-state index is 11.0. The highest BCUT2D eigenvalue weighted by atomic mass is 32.2. The molecule has 0 bridgehead atoms. The predicted octanol–water partition coefficient (Wildman–Crippen LogP) is 0.603. The van der Waals surface area contributed by atoms with Crippen molar-refractivity contribution in [3.63, 3.8) is 0 Å². The van der Waals surface area contributed by atoms with E-state index >= 15 is 0 Å². The van der Waals surface area contributed by atoms with Crippen LogP contribution in [0.4, 0.5) is 0 Å². The van der Waals surface area contributed by atoms with Gasteiger partial charge >= 0.3 is 0 Å².